The van der Waals surface area contributed by atoms with Gasteiger partial charge in [-0.25, -0.2) is 4.98 Å². The molecule has 0 aliphatic heterocycles. The third kappa shape index (κ3) is 3.90. The average molecular weight is 358 g/mol. The van der Waals surface area contributed by atoms with Gasteiger partial charge in [0.2, 0.25) is 5.91 Å². The summed E-state index contributed by atoms with van der Waals surface area (Å²) in [4.78, 5) is 29.2. The summed E-state index contributed by atoms with van der Waals surface area (Å²) in [6.45, 7) is 3.91. The summed E-state index contributed by atoms with van der Waals surface area (Å²) in [7, 11) is 0. The number of carbonyl (C=O) groups excluding carboxylic acids is 1. The molecule has 25 heavy (non-hydrogen) atoms. The van der Waals surface area contributed by atoms with Gasteiger partial charge in [-0.05, 0) is 33.1 Å². The lowest BCUT2D eigenvalue weighted by Gasteiger charge is -2.16. The van der Waals surface area contributed by atoms with Gasteiger partial charge in [0, 0.05) is 11.5 Å². The van der Waals surface area contributed by atoms with E-state index in [1.807, 2.05) is 44.2 Å². The molecule has 0 radical (unpaired) electrons. The minimum atomic E-state index is -0.797. The number of nitrogens with zero attached hydrogens (tertiary/aromatic N) is 1. The van der Waals surface area contributed by atoms with E-state index in [1.54, 1.807) is 11.3 Å². The summed E-state index contributed by atoms with van der Waals surface area (Å²) >= 11 is 1.59. The largest absolute Gasteiger partial charge is 0.481 e. The second kappa shape index (κ2) is 7.35. The summed E-state index contributed by atoms with van der Waals surface area (Å²) in [6, 6.07) is 9.85. The number of nitrogens with one attached hydrogen (secondary N) is 1. The standard InChI is InChI=1S/C19H22N2O3S/c1-11(20-17(22)14-8-9-15(10-14)19(23)24)16-12(2)21-18(25-16)13-6-4-3-5-7-13/h3-7,11,14-15H,8-10H2,1-2H3,(H,20,22)(H,23,24)/t11?,14-,15+/m1/s1. The lowest BCUT2D eigenvalue weighted by atomic mass is 10.0. The molecule has 132 valence electrons. The Balaban J connectivity index is 1.67. The van der Waals surface area contributed by atoms with Crippen LogP contribution in [0.5, 0.6) is 0 Å². The van der Waals surface area contributed by atoms with Crippen LogP contribution in [0.25, 0.3) is 10.6 Å². The van der Waals surface area contributed by atoms with Crippen molar-refractivity contribution in [2.24, 2.45) is 11.8 Å². The first-order chi connectivity index (χ1) is 12.0. The Bertz CT molecular complexity index is 772. The number of carboxylic acid groups (broad SMARTS) is 1. The van der Waals surface area contributed by atoms with E-state index in [1.165, 1.54) is 0 Å². The van der Waals surface area contributed by atoms with Crippen LogP contribution in [0.3, 0.4) is 0 Å². The average Bonchev–Trinajstić information content (AvgIpc) is 3.22. The van der Waals surface area contributed by atoms with E-state index in [-0.39, 0.29) is 23.8 Å². The van der Waals surface area contributed by atoms with E-state index in [0.717, 1.165) is 21.1 Å². The fourth-order valence-electron chi connectivity index (χ4n) is 3.35. The van der Waals surface area contributed by atoms with Gasteiger partial charge in [0.15, 0.2) is 0 Å². The van der Waals surface area contributed by atoms with Crippen LogP contribution in [-0.2, 0) is 9.59 Å². The molecule has 1 aliphatic carbocycles. The van der Waals surface area contributed by atoms with Gasteiger partial charge in [0.25, 0.3) is 0 Å². The maximum atomic E-state index is 12.5. The van der Waals surface area contributed by atoms with Crippen molar-refractivity contribution in [3.05, 3.63) is 40.9 Å². The van der Waals surface area contributed by atoms with E-state index in [9.17, 15) is 9.59 Å². The molecule has 0 spiro atoms. The second-order valence-corrected chi connectivity index (χ2v) is 7.64. The second-order valence-electron chi connectivity index (χ2n) is 6.61. The Morgan fingerprint density at radius 1 is 1.24 bits per heavy atom. The summed E-state index contributed by atoms with van der Waals surface area (Å²) in [5.74, 6) is -1.44. The number of hydrogen-bond acceptors (Lipinski definition) is 4. The minimum Gasteiger partial charge on any atom is -0.481 e. The van der Waals surface area contributed by atoms with Gasteiger partial charge in [-0.1, -0.05) is 30.3 Å². The van der Waals surface area contributed by atoms with Crippen LogP contribution in [0.4, 0.5) is 0 Å². The number of hydrogen-bond donors (Lipinski definition) is 2. The van der Waals surface area contributed by atoms with Crippen molar-refractivity contribution < 1.29 is 14.7 Å². The van der Waals surface area contributed by atoms with Crippen LogP contribution >= 0.6 is 11.3 Å². The highest BCUT2D eigenvalue weighted by Crippen LogP contribution is 2.34. The number of rotatable bonds is 5. The Morgan fingerprint density at radius 3 is 2.56 bits per heavy atom. The summed E-state index contributed by atoms with van der Waals surface area (Å²) in [6.07, 6.45) is 1.66. The normalized spacial score (nSPS) is 21.0. The van der Waals surface area contributed by atoms with Gasteiger partial charge in [-0.3, -0.25) is 9.59 Å². The molecule has 0 saturated heterocycles. The lowest BCUT2D eigenvalue weighted by Crippen LogP contribution is -2.32. The SMILES string of the molecule is Cc1nc(-c2ccccc2)sc1C(C)NC(=O)[C@@H]1CC[C@H](C(=O)O)C1. The summed E-state index contributed by atoms with van der Waals surface area (Å²) in [5, 5.41) is 13.1. The molecular weight excluding hydrogens is 336 g/mol. The molecule has 1 aromatic carbocycles. The number of carboxylic acids is 1. The van der Waals surface area contributed by atoms with Crippen LogP contribution in [-0.4, -0.2) is 22.0 Å². The van der Waals surface area contributed by atoms with Gasteiger partial charge in [-0.2, -0.15) is 0 Å². The van der Waals surface area contributed by atoms with Crippen LogP contribution in [0, 0.1) is 18.8 Å². The monoisotopic (exact) mass is 358 g/mol. The number of aromatic nitrogens is 1. The van der Waals surface area contributed by atoms with Crippen molar-refractivity contribution in [3.8, 4) is 10.6 Å². The van der Waals surface area contributed by atoms with Gasteiger partial charge in [-0.15, -0.1) is 11.3 Å². The van der Waals surface area contributed by atoms with Crippen LogP contribution in [0.2, 0.25) is 0 Å². The molecule has 1 aliphatic rings. The number of amides is 1. The van der Waals surface area contributed by atoms with Crippen molar-refractivity contribution in [2.45, 2.75) is 39.2 Å². The van der Waals surface area contributed by atoms with Gasteiger partial charge >= 0.3 is 5.97 Å². The minimum absolute atomic E-state index is 0.0506. The van der Waals surface area contributed by atoms with Crippen LogP contribution in [0.1, 0.15) is 42.8 Å². The van der Waals surface area contributed by atoms with Gasteiger partial charge in [0.1, 0.15) is 5.01 Å². The smallest absolute Gasteiger partial charge is 0.306 e. The third-order valence-electron chi connectivity index (χ3n) is 4.76. The number of carbonyl (C=O) groups is 2. The zero-order valence-electron chi connectivity index (χ0n) is 14.4. The van der Waals surface area contributed by atoms with Crippen LogP contribution in [0.15, 0.2) is 30.3 Å². The molecule has 1 fully saturated rings. The molecule has 1 aromatic heterocycles. The lowest BCUT2D eigenvalue weighted by molar-refractivity contribution is -0.141. The van der Waals surface area contributed by atoms with E-state index in [0.29, 0.717) is 19.3 Å². The van der Waals surface area contributed by atoms with E-state index >= 15 is 0 Å². The fraction of sp³-hybridized carbons (Fsp3) is 0.421. The fourth-order valence-corrected chi connectivity index (χ4v) is 4.43. The molecular formula is C19H22N2O3S. The highest BCUT2D eigenvalue weighted by molar-refractivity contribution is 7.15. The predicted molar refractivity (Wildman–Crippen MR) is 97.3 cm³/mol. The molecule has 1 unspecified atom stereocenters. The molecule has 1 heterocycles. The molecule has 1 saturated carbocycles. The van der Waals surface area contributed by atoms with Crippen molar-refractivity contribution in [1.29, 1.82) is 0 Å². The maximum absolute atomic E-state index is 12.5. The number of aryl methyl sites for hydroxylation is 1. The first kappa shape index (κ1) is 17.6. The third-order valence-corrected chi connectivity index (χ3v) is 6.15. The van der Waals surface area contributed by atoms with Crippen molar-refractivity contribution >= 4 is 23.2 Å². The molecule has 2 aromatic rings. The topological polar surface area (TPSA) is 79.3 Å². The predicted octanol–water partition coefficient (Wildman–Crippen LogP) is 3.80. The first-order valence-electron chi connectivity index (χ1n) is 8.51. The molecule has 3 atom stereocenters. The van der Waals surface area contributed by atoms with Crippen LogP contribution < -0.4 is 5.32 Å². The Morgan fingerprint density at radius 2 is 1.92 bits per heavy atom. The highest BCUT2D eigenvalue weighted by Gasteiger charge is 2.34. The Kier molecular flexibility index (Phi) is 5.18. The van der Waals surface area contributed by atoms with Crippen molar-refractivity contribution in [3.63, 3.8) is 0 Å². The van der Waals surface area contributed by atoms with E-state index in [4.69, 9.17) is 5.11 Å². The number of aliphatic carboxylic acids is 1. The molecule has 5 nitrogen and oxygen atoms in total. The molecule has 0 bridgehead atoms. The number of thiazole rings is 1. The van der Waals surface area contributed by atoms with Crippen molar-refractivity contribution in [2.75, 3.05) is 0 Å². The molecule has 6 heteroatoms. The maximum Gasteiger partial charge on any atom is 0.306 e. The van der Waals surface area contributed by atoms with Gasteiger partial charge in [0.05, 0.1) is 22.5 Å². The Labute approximate surface area is 151 Å². The summed E-state index contributed by atoms with van der Waals surface area (Å²) < 4.78 is 0. The number of benzene rings is 1. The molecule has 3 rings (SSSR count). The van der Waals surface area contributed by atoms with E-state index < -0.39 is 5.97 Å². The zero-order chi connectivity index (χ0) is 18.0. The summed E-state index contributed by atoms with van der Waals surface area (Å²) in [5.41, 5.74) is 1.99. The van der Waals surface area contributed by atoms with Crippen molar-refractivity contribution in [1.82, 2.24) is 10.3 Å². The first-order valence-corrected chi connectivity index (χ1v) is 9.33. The van der Waals surface area contributed by atoms with E-state index in [2.05, 4.69) is 10.3 Å². The highest BCUT2D eigenvalue weighted by atomic mass is 32.1. The Hall–Kier alpha value is -2.21. The molecule has 1 amide bonds. The quantitative estimate of drug-likeness (QED) is 0.852. The van der Waals surface area contributed by atoms with Gasteiger partial charge < -0.3 is 10.4 Å². The zero-order valence-corrected chi connectivity index (χ0v) is 15.2. The molecule has 2 N–H and O–H groups in total.